The van der Waals surface area contributed by atoms with Gasteiger partial charge >= 0.3 is 5.97 Å². The highest BCUT2D eigenvalue weighted by atomic mass is 16.5. The lowest BCUT2D eigenvalue weighted by Gasteiger charge is -2.22. The maximum Gasteiger partial charge on any atom is 0.309 e. The van der Waals surface area contributed by atoms with E-state index in [0.29, 0.717) is 5.92 Å². The van der Waals surface area contributed by atoms with Crippen molar-refractivity contribution in [2.24, 2.45) is 17.8 Å². The van der Waals surface area contributed by atoms with Crippen molar-refractivity contribution < 1.29 is 9.53 Å². The normalized spacial score (nSPS) is 39.9. The predicted octanol–water partition coefficient (Wildman–Crippen LogP) is 2.91. The molecule has 3 aliphatic carbocycles. The van der Waals surface area contributed by atoms with Crippen LogP contribution in [0.2, 0.25) is 0 Å². The summed E-state index contributed by atoms with van der Waals surface area (Å²) in [6, 6.07) is 0. The van der Waals surface area contributed by atoms with Crippen LogP contribution in [0.15, 0.2) is 0 Å². The third kappa shape index (κ3) is 1.79. The van der Waals surface area contributed by atoms with Crippen molar-refractivity contribution in [2.75, 3.05) is 0 Å². The largest absolute Gasteiger partial charge is 0.462 e. The van der Waals surface area contributed by atoms with Crippen LogP contribution >= 0.6 is 0 Å². The van der Waals surface area contributed by atoms with Crippen LogP contribution in [0.25, 0.3) is 0 Å². The van der Waals surface area contributed by atoms with E-state index in [1.807, 2.05) is 0 Å². The summed E-state index contributed by atoms with van der Waals surface area (Å²) in [6.07, 6.45) is 10.0. The van der Waals surface area contributed by atoms with E-state index in [4.69, 9.17) is 4.74 Å². The second-order valence-electron chi connectivity index (χ2n) is 5.62. The predicted molar refractivity (Wildman–Crippen MR) is 57.3 cm³/mol. The molecule has 3 rings (SSSR count). The van der Waals surface area contributed by atoms with Crippen molar-refractivity contribution >= 4 is 5.97 Å². The van der Waals surface area contributed by atoms with Crippen molar-refractivity contribution in [1.29, 1.82) is 0 Å². The zero-order valence-corrected chi connectivity index (χ0v) is 9.28. The second kappa shape index (κ2) is 3.80. The van der Waals surface area contributed by atoms with E-state index < -0.39 is 0 Å². The molecular weight excluding hydrogens is 188 g/mol. The van der Waals surface area contributed by atoms with Crippen molar-refractivity contribution in [2.45, 2.75) is 57.5 Å². The number of ether oxygens (including phenoxy) is 1. The molecule has 2 bridgehead atoms. The van der Waals surface area contributed by atoms with E-state index in [0.717, 1.165) is 25.2 Å². The van der Waals surface area contributed by atoms with Crippen LogP contribution in [-0.2, 0) is 9.53 Å². The first-order chi connectivity index (χ1) is 7.33. The fourth-order valence-electron chi connectivity index (χ4n) is 3.79. The highest BCUT2D eigenvalue weighted by molar-refractivity contribution is 5.73. The van der Waals surface area contributed by atoms with E-state index in [-0.39, 0.29) is 18.0 Å². The van der Waals surface area contributed by atoms with Crippen LogP contribution in [-0.4, -0.2) is 12.1 Å². The Hall–Kier alpha value is -0.530. The number of carbonyl (C=O) groups is 1. The zero-order chi connectivity index (χ0) is 10.3. The minimum absolute atomic E-state index is 0.133. The summed E-state index contributed by atoms with van der Waals surface area (Å²) >= 11 is 0. The van der Waals surface area contributed by atoms with Crippen molar-refractivity contribution in [3.05, 3.63) is 0 Å². The monoisotopic (exact) mass is 208 g/mol. The van der Waals surface area contributed by atoms with Crippen LogP contribution in [0.4, 0.5) is 0 Å². The average Bonchev–Trinajstić information content (AvgIpc) is 2.93. The summed E-state index contributed by atoms with van der Waals surface area (Å²) in [7, 11) is 0. The molecule has 3 fully saturated rings. The highest BCUT2D eigenvalue weighted by Crippen LogP contribution is 2.48. The van der Waals surface area contributed by atoms with Crippen LogP contribution in [0.1, 0.15) is 51.4 Å². The SMILES string of the molecule is O=C(OC1CCCC1)C1CC2CCC1C2. The van der Waals surface area contributed by atoms with Crippen molar-refractivity contribution in [3.8, 4) is 0 Å². The summed E-state index contributed by atoms with van der Waals surface area (Å²) < 4.78 is 5.61. The molecule has 3 aliphatic rings. The first-order valence-corrected chi connectivity index (χ1v) is 6.53. The first-order valence-electron chi connectivity index (χ1n) is 6.53. The van der Waals surface area contributed by atoms with Gasteiger partial charge in [-0.2, -0.15) is 0 Å². The lowest BCUT2D eigenvalue weighted by molar-refractivity contribution is -0.155. The Balaban J connectivity index is 1.56. The molecule has 2 nitrogen and oxygen atoms in total. The lowest BCUT2D eigenvalue weighted by Crippen LogP contribution is -2.26. The third-order valence-corrected chi connectivity index (χ3v) is 4.63. The number of hydrogen-bond donors (Lipinski definition) is 0. The molecule has 0 aliphatic heterocycles. The van der Waals surface area contributed by atoms with E-state index >= 15 is 0 Å². The maximum absolute atomic E-state index is 12.0. The van der Waals surface area contributed by atoms with Crippen molar-refractivity contribution in [1.82, 2.24) is 0 Å². The fourth-order valence-corrected chi connectivity index (χ4v) is 3.79. The zero-order valence-electron chi connectivity index (χ0n) is 9.28. The molecule has 15 heavy (non-hydrogen) atoms. The molecule has 2 heteroatoms. The summed E-state index contributed by atoms with van der Waals surface area (Å²) in [5.74, 6) is 1.92. The molecular formula is C13H20O2. The third-order valence-electron chi connectivity index (χ3n) is 4.63. The Kier molecular flexibility index (Phi) is 2.45. The number of hydrogen-bond acceptors (Lipinski definition) is 2. The number of fused-ring (bicyclic) bond motifs is 2. The summed E-state index contributed by atoms with van der Waals surface area (Å²) in [5, 5.41) is 0. The number of esters is 1. The molecule has 0 spiro atoms. The van der Waals surface area contributed by atoms with Gasteiger partial charge in [-0.3, -0.25) is 4.79 Å². The van der Waals surface area contributed by atoms with Gasteiger partial charge in [0.05, 0.1) is 5.92 Å². The Labute approximate surface area is 91.4 Å². The van der Waals surface area contributed by atoms with Crippen LogP contribution in [0.5, 0.6) is 0 Å². The first kappa shape index (κ1) is 9.68. The molecule has 0 amide bonds. The van der Waals surface area contributed by atoms with E-state index in [1.54, 1.807) is 0 Å². The number of rotatable bonds is 2. The summed E-state index contributed by atoms with van der Waals surface area (Å²) in [5.41, 5.74) is 0. The quantitative estimate of drug-likeness (QED) is 0.652. The van der Waals surface area contributed by atoms with Gasteiger partial charge in [0.25, 0.3) is 0 Å². The fraction of sp³-hybridized carbons (Fsp3) is 0.923. The molecule has 0 heterocycles. The van der Waals surface area contributed by atoms with Gasteiger partial charge in [0.2, 0.25) is 0 Å². The molecule has 84 valence electrons. The van der Waals surface area contributed by atoms with Gasteiger partial charge in [-0.25, -0.2) is 0 Å². The van der Waals surface area contributed by atoms with Gasteiger partial charge in [0.1, 0.15) is 6.10 Å². The van der Waals surface area contributed by atoms with Gasteiger partial charge < -0.3 is 4.74 Å². The second-order valence-corrected chi connectivity index (χ2v) is 5.62. The van der Waals surface area contributed by atoms with Crippen LogP contribution in [0, 0.1) is 17.8 Å². The Morgan fingerprint density at radius 1 is 1.00 bits per heavy atom. The van der Waals surface area contributed by atoms with Gasteiger partial charge in [-0.15, -0.1) is 0 Å². The van der Waals surface area contributed by atoms with E-state index in [1.165, 1.54) is 32.1 Å². The maximum atomic E-state index is 12.0. The minimum atomic E-state index is 0.133. The molecule has 0 N–H and O–H groups in total. The van der Waals surface area contributed by atoms with Gasteiger partial charge in [0.15, 0.2) is 0 Å². The topological polar surface area (TPSA) is 26.3 Å². The average molecular weight is 208 g/mol. The Bertz CT molecular complexity index is 255. The van der Waals surface area contributed by atoms with Gasteiger partial charge in [0, 0.05) is 0 Å². The molecule has 0 radical (unpaired) electrons. The lowest BCUT2D eigenvalue weighted by atomic mass is 9.89. The molecule has 3 unspecified atom stereocenters. The Morgan fingerprint density at radius 3 is 2.40 bits per heavy atom. The standard InChI is InChI=1S/C13H20O2/c14-13(15-11-3-1-2-4-11)12-8-9-5-6-10(12)7-9/h9-12H,1-8H2. The summed E-state index contributed by atoms with van der Waals surface area (Å²) in [6.45, 7) is 0. The molecule has 0 aromatic rings. The van der Waals surface area contributed by atoms with E-state index in [2.05, 4.69) is 0 Å². The minimum Gasteiger partial charge on any atom is -0.462 e. The Morgan fingerprint density at radius 2 is 1.80 bits per heavy atom. The van der Waals surface area contributed by atoms with Crippen LogP contribution in [0.3, 0.4) is 0 Å². The van der Waals surface area contributed by atoms with Gasteiger partial charge in [-0.1, -0.05) is 6.42 Å². The molecule has 3 saturated carbocycles. The van der Waals surface area contributed by atoms with Crippen molar-refractivity contribution in [3.63, 3.8) is 0 Å². The molecule has 3 atom stereocenters. The molecule has 0 saturated heterocycles. The number of carbonyl (C=O) groups excluding carboxylic acids is 1. The van der Waals surface area contributed by atoms with Crippen LogP contribution < -0.4 is 0 Å². The molecule has 0 aromatic heterocycles. The smallest absolute Gasteiger partial charge is 0.309 e. The highest BCUT2D eigenvalue weighted by Gasteiger charge is 2.44. The summed E-state index contributed by atoms with van der Waals surface area (Å²) in [4.78, 5) is 12.0. The molecule has 0 aromatic carbocycles. The van der Waals surface area contributed by atoms with Gasteiger partial charge in [-0.05, 0) is 56.8 Å². The van der Waals surface area contributed by atoms with E-state index in [9.17, 15) is 4.79 Å².